The Kier molecular flexibility index (Phi) is 10.3. The van der Waals surface area contributed by atoms with Crippen LogP contribution in [0.1, 0.15) is 70.5 Å². The summed E-state index contributed by atoms with van der Waals surface area (Å²) in [5.74, 6) is 0.855. The molecule has 1 N–H and O–H groups in total. The molecule has 2 aromatic rings. The summed E-state index contributed by atoms with van der Waals surface area (Å²) in [5.41, 5.74) is 1.31. The van der Waals surface area contributed by atoms with Gasteiger partial charge in [0, 0.05) is 6.42 Å². The van der Waals surface area contributed by atoms with Gasteiger partial charge in [-0.25, -0.2) is 13.4 Å². The van der Waals surface area contributed by atoms with Crippen LogP contribution in [0.3, 0.4) is 0 Å². The monoisotopic (exact) mass is 374 g/mol. The third kappa shape index (κ3) is 7.79. The Labute approximate surface area is 173 Å². The van der Waals surface area contributed by atoms with E-state index in [1.165, 1.54) is 63.5 Å². The summed E-state index contributed by atoms with van der Waals surface area (Å²) in [4.78, 5) is 7.36. The van der Waals surface area contributed by atoms with Crippen LogP contribution in [-0.4, -0.2) is 22.9 Å². The number of aromatic nitrogens is 2. The van der Waals surface area contributed by atoms with Gasteiger partial charge in [0.15, 0.2) is 0 Å². The van der Waals surface area contributed by atoms with E-state index >= 15 is 0 Å². The fraction of sp³-hybridized carbons (Fsp3) is 0.611. The van der Waals surface area contributed by atoms with Gasteiger partial charge < -0.3 is 9.54 Å². The summed E-state index contributed by atoms with van der Waals surface area (Å²) in [5, 5.41) is 0. The second kappa shape index (κ2) is 11.3. The number of imidazole rings is 1. The summed E-state index contributed by atoms with van der Waals surface area (Å²) in [6.45, 7) is 2.23. The summed E-state index contributed by atoms with van der Waals surface area (Å²) in [6, 6.07) is 4.26. The molecule has 0 bridgehead atoms. The number of rotatable bonds is 11. The fourth-order valence-electron chi connectivity index (χ4n) is 2.92. The Morgan fingerprint density at radius 1 is 1.00 bits per heavy atom. The molecule has 0 unspecified atom stereocenters. The van der Waals surface area contributed by atoms with Crippen molar-refractivity contribution in [3.8, 4) is 0 Å². The average Bonchev–Trinajstić information content (AvgIpc) is 2.94. The zero-order chi connectivity index (χ0) is 17.4. The third-order valence-corrected chi connectivity index (χ3v) is 5.14. The Morgan fingerprint density at radius 3 is 2.20 bits per heavy atom. The van der Waals surface area contributed by atoms with E-state index in [1.54, 1.807) is 6.07 Å². The number of benzene rings is 1. The van der Waals surface area contributed by atoms with Gasteiger partial charge in [0.2, 0.25) is 0 Å². The van der Waals surface area contributed by atoms with Gasteiger partial charge >= 0.3 is 29.6 Å². The van der Waals surface area contributed by atoms with E-state index in [0.717, 1.165) is 18.7 Å². The smallest absolute Gasteiger partial charge is 0.744 e. The number of hydrogen-bond acceptors (Lipinski definition) is 4. The molecule has 2 rings (SSSR count). The van der Waals surface area contributed by atoms with E-state index in [2.05, 4.69) is 16.9 Å². The molecule has 0 atom stereocenters. The molecule has 0 saturated heterocycles. The van der Waals surface area contributed by atoms with E-state index in [1.807, 2.05) is 0 Å². The number of hydrogen-bond donors (Lipinski definition) is 1. The number of unbranched alkanes of at least 4 members (excludes halogenated alkanes) is 8. The van der Waals surface area contributed by atoms with Crippen molar-refractivity contribution in [2.24, 2.45) is 0 Å². The van der Waals surface area contributed by atoms with Crippen LogP contribution in [0.2, 0.25) is 0 Å². The number of aromatic amines is 1. The third-order valence-electron chi connectivity index (χ3n) is 4.31. The van der Waals surface area contributed by atoms with Crippen molar-refractivity contribution in [2.45, 2.75) is 76.0 Å². The first-order valence-electron chi connectivity index (χ1n) is 8.95. The minimum atomic E-state index is -4.42. The van der Waals surface area contributed by atoms with Crippen LogP contribution in [0.25, 0.3) is 11.0 Å². The van der Waals surface area contributed by atoms with Gasteiger partial charge in [-0.15, -0.1) is 0 Å². The van der Waals surface area contributed by atoms with Crippen LogP contribution in [-0.2, 0) is 16.5 Å². The first kappa shape index (κ1) is 22.6. The Hall–Kier alpha value is -0.400. The van der Waals surface area contributed by atoms with Crippen molar-refractivity contribution in [2.75, 3.05) is 0 Å². The maximum atomic E-state index is 11.0. The predicted octanol–water partition coefficient (Wildman–Crippen LogP) is 1.54. The fourth-order valence-corrected chi connectivity index (χ4v) is 3.42. The van der Waals surface area contributed by atoms with Crippen LogP contribution in [0.5, 0.6) is 0 Å². The number of aryl methyl sites for hydroxylation is 1. The molecule has 0 fully saturated rings. The molecular formula is C18H27N2NaO3S. The van der Waals surface area contributed by atoms with Crippen molar-refractivity contribution in [1.29, 1.82) is 0 Å². The molecule has 1 aromatic heterocycles. The van der Waals surface area contributed by atoms with Gasteiger partial charge in [0.1, 0.15) is 15.9 Å². The first-order chi connectivity index (χ1) is 11.5. The minimum Gasteiger partial charge on any atom is -0.744 e. The molecule has 1 aromatic carbocycles. The molecule has 134 valence electrons. The van der Waals surface area contributed by atoms with Gasteiger partial charge in [-0.3, -0.25) is 0 Å². The van der Waals surface area contributed by atoms with E-state index in [4.69, 9.17) is 0 Å². The summed E-state index contributed by atoms with van der Waals surface area (Å²) in [7, 11) is -4.42. The van der Waals surface area contributed by atoms with E-state index in [0.29, 0.717) is 11.0 Å². The molecular weight excluding hydrogens is 347 g/mol. The molecule has 0 saturated carbocycles. The zero-order valence-electron chi connectivity index (χ0n) is 15.4. The summed E-state index contributed by atoms with van der Waals surface area (Å²) < 4.78 is 33.1. The number of H-pyrrole nitrogens is 1. The quantitative estimate of drug-likeness (QED) is 0.367. The Morgan fingerprint density at radius 2 is 1.60 bits per heavy atom. The van der Waals surface area contributed by atoms with Gasteiger partial charge in [-0.05, 0) is 24.6 Å². The van der Waals surface area contributed by atoms with Gasteiger partial charge in [0.05, 0.1) is 15.9 Å². The molecule has 7 heteroatoms. The summed E-state index contributed by atoms with van der Waals surface area (Å²) >= 11 is 0. The average molecular weight is 374 g/mol. The van der Waals surface area contributed by atoms with Crippen molar-refractivity contribution in [3.63, 3.8) is 0 Å². The number of fused-ring (bicyclic) bond motifs is 1. The van der Waals surface area contributed by atoms with E-state index < -0.39 is 10.1 Å². The molecule has 0 radical (unpaired) electrons. The van der Waals surface area contributed by atoms with Crippen LogP contribution < -0.4 is 29.6 Å². The van der Waals surface area contributed by atoms with Crippen LogP contribution in [0.4, 0.5) is 0 Å². The van der Waals surface area contributed by atoms with Crippen molar-refractivity contribution >= 4 is 21.2 Å². The van der Waals surface area contributed by atoms with Gasteiger partial charge in [-0.2, -0.15) is 0 Å². The van der Waals surface area contributed by atoms with Crippen LogP contribution >= 0.6 is 0 Å². The minimum absolute atomic E-state index is 0. The first-order valence-corrected chi connectivity index (χ1v) is 10.4. The number of nitrogens with one attached hydrogen (secondary N) is 1. The SMILES string of the molecule is CCCCCCCCCCCc1nc2ccc(S(=O)(=O)[O-])cc2[nH]1.[Na+]. The normalized spacial score (nSPS) is 11.6. The molecule has 5 nitrogen and oxygen atoms in total. The molecule has 0 aliphatic carbocycles. The largest absolute Gasteiger partial charge is 1.00 e. The van der Waals surface area contributed by atoms with Gasteiger partial charge in [-0.1, -0.05) is 58.3 Å². The molecule has 1 heterocycles. The van der Waals surface area contributed by atoms with Crippen molar-refractivity contribution in [1.82, 2.24) is 9.97 Å². The van der Waals surface area contributed by atoms with Crippen molar-refractivity contribution < 1.29 is 42.5 Å². The summed E-state index contributed by atoms with van der Waals surface area (Å²) in [6.07, 6.45) is 12.3. The maximum Gasteiger partial charge on any atom is 1.00 e. The molecule has 25 heavy (non-hydrogen) atoms. The second-order valence-corrected chi connectivity index (χ2v) is 7.77. The second-order valence-electron chi connectivity index (χ2n) is 6.40. The molecule has 0 spiro atoms. The Balaban J connectivity index is 0.00000312. The van der Waals surface area contributed by atoms with E-state index in [-0.39, 0.29) is 34.5 Å². The maximum absolute atomic E-state index is 11.0. The number of nitrogens with zero attached hydrogens (tertiary/aromatic N) is 1. The molecule has 0 aliphatic heterocycles. The molecule has 0 aliphatic rings. The van der Waals surface area contributed by atoms with E-state index in [9.17, 15) is 13.0 Å². The molecule has 0 amide bonds. The zero-order valence-corrected chi connectivity index (χ0v) is 18.2. The topological polar surface area (TPSA) is 85.9 Å². The predicted molar refractivity (Wildman–Crippen MR) is 95.0 cm³/mol. The van der Waals surface area contributed by atoms with Crippen molar-refractivity contribution in [3.05, 3.63) is 24.0 Å². The van der Waals surface area contributed by atoms with Gasteiger partial charge in [0.25, 0.3) is 0 Å². The Bertz CT molecular complexity index is 744. The van der Waals surface area contributed by atoms with Crippen LogP contribution in [0.15, 0.2) is 23.1 Å². The van der Waals surface area contributed by atoms with Crippen LogP contribution in [0, 0.1) is 0 Å². The standard InChI is InChI=1S/C18H28N2O3S.Na/c1-2-3-4-5-6-7-8-9-10-11-18-19-16-13-12-15(24(21,22)23)14-17(16)20-18;/h12-14H,2-11H2,1H3,(H,19,20)(H,21,22,23);/q;+1/p-1.